The van der Waals surface area contributed by atoms with E-state index in [4.69, 9.17) is 19.4 Å². The van der Waals surface area contributed by atoms with Crippen molar-refractivity contribution in [2.24, 2.45) is 0 Å². The molecule has 1 aliphatic rings. The van der Waals surface area contributed by atoms with Gasteiger partial charge < -0.3 is 48.9 Å². The average molecular weight is 552 g/mol. The number of phosphoric acid groups is 3. The molecule has 0 spiro atoms. The molecule has 1 aromatic heterocycles. The molecular formula is C10H28FN6O13P3. The normalized spacial score (nSPS) is 23.5. The third-order valence-electron chi connectivity index (χ3n) is 3.44. The smallest absolute Gasteiger partial charge is 0.349 e. The Hall–Kier alpha value is -1.18. The first-order valence-electron chi connectivity index (χ1n) is 7.48. The number of hydrogen-bond acceptors (Lipinski definition) is 13. The Morgan fingerprint density at radius 3 is 2.15 bits per heavy atom. The zero-order valence-corrected chi connectivity index (χ0v) is 19.9. The van der Waals surface area contributed by atoms with Gasteiger partial charge in [-0.2, -0.15) is 8.62 Å². The summed E-state index contributed by atoms with van der Waals surface area (Å²) < 4.78 is 65.0. The molecule has 5 atom stereocenters. The first-order chi connectivity index (χ1) is 13.1. The van der Waals surface area contributed by atoms with E-state index >= 15 is 0 Å². The van der Waals surface area contributed by atoms with E-state index in [9.17, 15) is 32.6 Å². The fourth-order valence-electron chi connectivity index (χ4n) is 2.28. The van der Waals surface area contributed by atoms with Crippen molar-refractivity contribution in [2.75, 3.05) is 6.61 Å². The van der Waals surface area contributed by atoms with Gasteiger partial charge in [-0.05, 0) is 6.92 Å². The predicted molar refractivity (Wildman–Crippen MR) is 109 cm³/mol. The molecule has 1 aliphatic heterocycles. The van der Waals surface area contributed by atoms with E-state index in [0.717, 1.165) is 10.8 Å². The number of rotatable bonds is 8. The molecule has 2 unspecified atom stereocenters. The Morgan fingerprint density at radius 2 is 1.64 bits per heavy atom. The Morgan fingerprint density at radius 1 is 1.09 bits per heavy atom. The van der Waals surface area contributed by atoms with E-state index in [1.54, 1.807) is 0 Å². The van der Waals surface area contributed by atoms with Crippen molar-refractivity contribution in [3.05, 3.63) is 32.6 Å². The second-order valence-electron chi connectivity index (χ2n) is 5.75. The van der Waals surface area contributed by atoms with Crippen LogP contribution in [0.2, 0.25) is 0 Å². The highest BCUT2D eigenvalue weighted by Crippen LogP contribution is 2.66. The van der Waals surface area contributed by atoms with Crippen LogP contribution in [0.4, 0.5) is 4.39 Å². The second-order valence-corrected chi connectivity index (χ2v) is 10.2. The molecule has 0 bridgehead atoms. The van der Waals surface area contributed by atoms with Gasteiger partial charge in [0.1, 0.15) is 18.5 Å². The summed E-state index contributed by atoms with van der Waals surface area (Å²) >= 11 is 0. The maximum absolute atomic E-state index is 14.1. The van der Waals surface area contributed by atoms with Gasteiger partial charge in [0.2, 0.25) is 0 Å². The summed E-state index contributed by atoms with van der Waals surface area (Å²) in [5.74, 6) is 0. The molecular weight excluding hydrogens is 524 g/mol. The minimum Gasteiger partial charge on any atom is -0.349 e. The molecule has 33 heavy (non-hydrogen) atoms. The predicted octanol–water partition coefficient (Wildman–Crippen LogP) is 0.462. The largest absolute Gasteiger partial charge is 0.490 e. The lowest BCUT2D eigenvalue weighted by Gasteiger charge is -2.19. The summed E-state index contributed by atoms with van der Waals surface area (Å²) in [5, 5.41) is 0. The van der Waals surface area contributed by atoms with Crippen LogP contribution in [-0.2, 0) is 31.6 Å². The van der Waals surface area contributed by atoms with Crippen LogP contribution >= 0.6 is 23.5 Å². The maximum Gasteiger partial charge on any atom is 0.490 e. The standard InChI is InChI=1S/C10H16FN2O13P3.4H3N/c1-5-3-13(10(15)12-9(5)14)8-2-6(11)7(24-8)4-23-28(19,20)26-29(21,22)25-27(16,17)18;;;;/h3,6-8H,2,4H2,1H3,(H,19,20)(H,21,22)(H,12,14,15)(H2,16,17,18);4*1H3/t6-,7+,8+;;;;/m0..../s1. The van der Waals surface area contributed by atoms with E-state index in [2.05, 4.69) is 13.1 Å². The molecule has 0 saturated carbocycles. The number of H-pyrrole nitrogens is 1. The zero-order chi connectivity index (χ0) is 22.2. The Labute approximate surface area is 185 Å². The number of alkyl halides is 1. The fourth-order valence-corrected chi connectivity index (χ4v) is 5.31. The lowest BCUT2D eigenvalue weighted by molar-refractivity contribution is -0.0350. The Bertz CT molecular complexity index is 1030. The summed E-state index contributed by atoms with van der Waals surface area (Å²) in [6.45, 7) is 0.391. The molecule has 17 N–H and O–H groups in total. The van der Waals surface area contributed by atoms with Crippen molar-refractivity contribution in [3.8, 4) is 0 Å². The Balaban J connectivity index is -0.00000225. The minimum absolute atomic E-state index is 0. The fraction of sp³-hybridized carbons (Fsp3) is 0.600. The van der Waals surface area contributed by atoms with Crippen molar-refractivity contribution in [1.82, 2.24) is 34.2 Å². The van der Waals surface area contributed by atoms with Gasteiger partial charge in [-0.25, -0.2) is 22.9 Å². The van der Waals surface area contributed by atoms with E-state index < -0.39 is 66.2 Å². The summed E-state index contributed by atoms with van der Waals surface area (Å²) in [6.07, 6.45) is -3.79. The number of hydrogen-bond donors (Lipinski definition) is 9. The lowest BCUT2D eigenvalue weighted by atomic mass is 10.2. The van der Waals surface area contributed by atoms with Crippen molar-refractivity contribution in [3.63, 3.8) is 0 Å². The highest BCUT2D eigenvalue weighted by Gasteiger charge is 2.43. The number of halogens is 1. The third kappa shape index (κ3) is 10.7. The molecule has 19 nitrogen and oxygen atoms in total. The molecule has 23 heteroatoms. The van der Waals surface area contributed by atoms with Crippen LogP contribution in [0.15, 0.2) is 15.8 Å². The molecule has 0 aliphatic carbocycles. The molecule has 1 aromatic rings. The van der Waals surface area contributed by atoms with Crippen molar-refractivity contribution in [1.29, 1.82) is 0 Å². The van der Waals surface area contributed by atoms with Crippen molar-refractivity contribution < 1.29 is 55.5 Å². The minimum atomic E-state index is -5.70. The van der Waals surface area contributed by atoms with Gasteiger partial charge in [-0.3, -0.25) is 18.9 Å². The molecule has 0 radical (unpaired) electrons. The van der Waals surface area contributed by atoms with Crippen LogP contribution in [0.5, 0.6) is 0 Å². The van der Waals surface area contributed by atoms with Gasteiger partial charge in [-0.15, -0.1) is 0 Å². The lowest BCUT2D eigenvalue weighted by Crippen LogP contribution is -2.33. The van der Waals surface area contributed by atoms with Crippen LogP contribution in [-0.4, -0.2) is 48.0 Å². The SMILES string of the molecule is Cc1cn([C@H]2C[C@H](F)[C@@H](COP(=O)(O)OP(=O)(O)OP(=O)(O)O)O2)c(=O)[nH]c1=O.N.N.N.N. The number of aryl methyl sites for hydroxylation is 1. The quantitative estimate of drug-likeness (QED) is 0.198. The molecule has 1 saturated heterocycles. The van der Waals surface area contributed by atoms with E-state index in [0.29, 0.717) is 0 Å². The molecule has 0 amide bonds. The number of aromatic nitrogens is 2. The van der Waals surface area contributed by atoms with Crippen molar-refractivity contribution in [2.45, 2.75) is 31.8 Å². The topological polar surface area (TPSA) is 364 Å². The van der Waals surface area contributed by atoms with Crippen LogP contribution in [0, 0.1) is 6.92 Å². The van der Waals surface area contributed by atoms with Gasteiger partial charge in [-0.1, -0.05) is 0 Å². The summed E-state index contributed by atoms with van der Waals surface area (Å²) in [5.41, 5.74) is -1.39. The van der Waals surface area contributed by atoms with Gasteiger partial charge >= 0.3 is 29.2 Å². The van der Waals surface area contributed by atoms with Crippen LogP contribution in [0.1, 0.15) is 18.2 Å². The zero-order valence-electron chi connectivity index (χ0n) is 17.2. The van der Waals surface area contributed by atoms with E-state index in [-0.39, 0.29) is 30.2 Å². The number of aromatic amines is 1. The first kappa shape index (κ1) is 36.4. The number of ether oxygens (including phenoxy) is 1. The summed E-state index contributed by atoms with van der Waals surface area (Å²) in [7, 11) is -16.7. The van der Waals surface area contributed by atoms with Crippen LogP contribution in [0.25, 0.3) is 0 Å². The molecule has 2 heterocycles. The summed E-state index contributed by atoms with van der Waals surface area (Å²) in [6, 6.07) is 0. The molecule has 2 rings (SSSR count). The molecule has 0 aromatic carbocycles. The van der Waals surface area contributed by atoms with Gasteiger partial charge in [0, 0.05) is 18.2 Å². The van der Waals surface area contributed by atoms with Crippen molar-refractivity contribution >= 4 is 23.5 Å². The van der Waals surface area contributed by atoms with Crippen LogP contribution in [0.3, 0.4) is 0 Å². The van der Waals surface area contributed by atoms with E-state index in [1.165, 1.54) is 6.92 Å². The first-order valence-corrected chi connectivity index (χ1v) is 12.0. The summed E-state index contributed by atoms with van der Waals surface area (Å²) in [4.78, 5) is 60.4. The van der Waals surface area contributed by atoms with Crippen LogP contribution < -0.4 is 35.9 Å². The Kier molecular flexibility index (Phi) is 14.4. The maximum atomic E-state index is 14.1. The molecule has 198 valence electrons. The van der Waals surface area contributed by atoms with Gasteiger partial charge in [0.05, 0.1) is 6.61 Å². The third-order valence-corrected chi connectivity index (χ3v) is 7.24. The average Bonchev–Trinajstić information content (AvgIpc) is 2.86. The highest BCUT2D eigenvalue weighted by atomic mass is 31.3. The van der Waals surface area contributed by atoms with Gasteiger partial charge in [0.25, 0.3) is 5.56 Å². The van der Waals surface area contributed by atoms with E-state index in [1.807, 2.05) is 4.98 Å². The number of nitrogens with zero attached hydrogens (tertiary/aromatic N) is 1. The molecule has 1 fully saturated rings. The monoisotopic (exact) mass is 552 g/mol. The second kappa shape index (κ2) is 13.1. The highest BCUT2D eigenvalue weighted by molar-refractivity contribution is 7.66. The number of nitrogens with one attached hydrogen (secondary N) is 1. The van der Waals surface area contributed by atoms with Gasteiger partial charge in [0.15, 0.2) is 0 Å². The number of phosphoric ester groups is 1.